The maximum absolute atomic E-state index is 13.6. The number of nitrogen functional groups attached to an aromatic ring is 1. The number of hydrogen-bond donors (Lipinski definition) is 2. The first-order valence-corrected chi connectivity index (χ1v) is 11.7. The minimum absolute atomic E-state index is 0.0641. The molecule has 8 heteroatoms. The molecule has 0 saturated heterocycles. The highest BCUT2D eigenvalue weighted by atomic mass is 16.6. The first-order chi connectivity index (χ1) is 17.0. The maximum atomic E-state index is 13.6. The van der Waals surface area contributed by atoms with Crippen LogP contribution in [0.4, 0.5) is 10.6 Å². The van der Waals surface area contributed by atoms with E-state index >= 15 is 0 Å². The maximum Gasteiger partial charge on any atom is 0.409 e. The third-order valence-corrected chi connectivity index (χ3v) is 5.16. The van der Waals surface area contributed by atoms with E-state index in [1.807, 2.05) is 49.4 Å². The third kappa shape index (κ3) is 5.87. The molecular weight excluding hydrogens is 456 g/mol. The van der Waals surface area contributed by atoms with Crippen molar-refractivity contribution in [1.29, 1.82) is 0 Å². The minimum Gasteiger partial charge on any atom is -0.463 e. The number of amides is 1. The van der Waals surface area contributed by atoms with Crippen molar-refractivity contribution in [1.82, 2.24) is 15.1 Å². The van der Waals surface area contributed by atoms with Gasteiger partial charge < -0.3 is 15.2 Å². The van der Waals surface area contributed by atoms with Gasteiger partial charge in [-0.25, -0.2) is 14.3 Å². The molecule has 1 atom stereocenters. The Kier molecular flexibility index (Phi) is 7.74. The third-order valence-electron chi connectivity index (χ3n) is 5.16. The Morgan fingerprint density at radius 1 is 1.08 bits per heavy atom. The molecule has 3 aromatic rings. The number of nitrogens with one attached hydrogen (secondary N) is 1. The number of alkyl carbamates (subject to hydrolysis) is 1. The zero-order chi connectivity index (χ0) is 26.5. The number of aryl methyl sites for hydroxylation is 2. The molecule has 1 amide bonds. The van der Waals surface area contributed by atoms with Crippen molar-refractivity contribution in [2.45, 2.75) is 52.7 Å². The lowest BCUT2D eigenvalue weighted by molar-refractivity contribution is -0.149. The molecule has 0 bridgehead atoms. The Hall–Kier alpha value is -4.25. The summed E-state index contributed by atoms with van der Waals surface area (Å²) >= 11 is 0. The molecule has 3 N–H and O–H groups in total. The van der Waals surface area contributed by atoms with Gasteiger partial charge in [-0.15, -0.1) is 0 Å². The molecule has 3 rings (SSSR count). The smallest absolute Gasteiger partial charge is 0.409 e. The lowest BCUT2D eigenvalue weighted by Crippen LogP contribution is -2.53. The number of hydrogen-bond acceptors (Lipinski definition) is 6. The summed E-state index contributed by atoms with van der Waals surface area (Å²) in [7, 11) is 0. The number of aromatic nitrogens is 2. The second-order valence-electron chi connectivity index (χ2n) is 9.31. The van der Waals surface area contributed by atoms with E-state index in [0.29, 0.717) is 16.9 Å². The molecule has 2 aromatic carbocycles. The molecule has 0 radical (unpaired) electrons. The number of benzene rings is 2. The van der Waals surface area contributed by atoms with Crippen molar-refractivity contribution in [2.24, 2.45) is 0 Å². The van der Waals surface area contributed by atoms with Crippen molar-refractivity contribution in [2.75, 3.05) is 12.3 Å². The Morgan fingerprint density at radius 2 is 1.78 bits per heavy atom. The monoisotopic (exact) mass is 488 g/mol. The van der Waals surface area contributed by atoms with Gasteiger partial charge in [0.05, 0.1) is 23.6 Å². The normalized spacial score (nSPS) is 12.6. The molecule has 0 aliphatic rings. The van der Waals surface area contributed by atoms with Gasteiger partial charge in [-0.2, -0.15) is 5.10 Å². The summed E-state index contributed by atoms with van der Waals surface area (Å²) in [4.78, 5) is 26.6. The van der Waals surface area contributed by atoms with Crippen molar-refractivity contribution < 1.29 is 19.1 Å². The Labute approximate surface area is 211 Å². The van der Waals surface area contributed by atoms with E-state index in [9.17, 15) is 9.59 Å². The number of carbonyl (C=O) groups excluding carboxylic acids is 2. The van der Waals surface area contributed by atoms with Crippen LogP contribution in [-0.4, -0.2) is 34.1 Å². The first kappa shape index (κ1) is 26.4. The lowest BCUT2D eigenvalue weighted by Gasteiger charge is -2.29. The van der Waals surface area contributed by atoms with E-state index in [4.69, 9.17) is 15.2 Å². The fourth-order valence-corrected chi connectivity index (χ4v) is 3.71. The van der Waals surface area contributed by atoms with Crippen molar-refractivity contribution >= 4 is 17.9 Å². The van der Waals surface area contributed by atoms with Gasteiger partial charge >= 0.3 is 12.1 Å². The zero-order valence-electron chi connectivity index (χ0n) is 21.5. The first-order valence-electron chi connectivity index (χ1n) is 11.7. The number of ether oxygens (including phenoxy) is 2. The van der Waals surface area contributed by atoms with Crippen molar-refractivity contribution in [3.05, 3.63) is 77.0 Å². The Morgan fingerprint density at radius 3 is 2.39 bits per heavy atom. The topological polar surface area (TPSA) is 108 Å². The average molecular weight is 489 g/mol. The lowest BCUT2D eigenvalue weighted by atomic mass is 9.89. The van der Waals surface area contributed by atoms with E-state index in [-0.39, 0.29) is 18.0 Å². The summed E-state index contributed by atoms with van der Waals surface area (Å²) in [5.74, 6) is 5.30. The second-order valence-corrected chi connectivity index (χ2v) is 9.31. The van der Waals surface area contributed by atoms with E-state index in [1.54, 1.807) is 46.8 Å². The summed E-state index contributed by atoms with van der Waals surface area (Å²) in [5, 5.41) is 7.26. The highest BCUT2D eigenvalue weighted by Gasteiger charge is 2.48. The highest BCUT2D eigenvalue weighted by Crippen LogP contribution is 2.33. The molecule has 0 fully saturated rings. The van der Waals surface area contributed by atoms with Crippen LogP contribution >= 0.6 is 0 Å². The molecule has 8 nitrogen and oxygen atoms in total. The Bertz CT molecular complexity index is 1310. The molecule has 0 spiro atoms. The minimum atomic E-state index is -1.98. The van der Waals surface area contributed by atoms with Crippen LogP contribution in [0, 0.1) is 25.7 Å². The zero-order valence-corrected chi connectivity index (χ0v) is 21.5. The highest BCUT2D eigenvalue weighted by molar-refractivity contribution is 5.93. The molecule has 188 valence electrons. The summed E-state index contributed by atoms with van der Waals surface area (Å²) in [6, 6.07) is 16.7. The van der Waals surface area contributed by atoms with Crippen LogP contribution in [0.1, 0.15) is 50.1 Å². The predicted octanol–water partition coefficient (Wildman–Crippen LogP) is 4.41. The quantitative estimate of drug-likeness (QED) is 0.407. The van der Waals surface area contributed by atoms with Crippen molar-refractivity contribution in [3.63, 3.8) is 0 Å². The number of anilines is 1. The van der Waals surface area contributed by atoms with Gasteiger partial charge in [0.2, 0.25) is 5.54 Å². The molecule has 1 aromatic heterocycles. The van der Waals surface area contributed by atoms with Gasteiger partial charge in [0.15, 0.2) is 0 Å². The number of carbonyl (C=O) groups is 2. The molecule has 0 unspecified atom stereocenters. The van der Waals surface area contributed by atoms with E-state index in [0.717, 1.165) is 5.56 Å². The van der Waals surface area contributed by atoms with Crippen molar-refractivity contribution in [3.8, 4) is 17.5 Å². The summed E-state index contributed by atoms with van der Waals surface area (Å²) in [6.07, 6.45) is -0.847. The molecule has 0 saturated carbocycles. The van der Waals surface area contributed by atoms with E-state index in [2.05, 4.69) is 22.3 Å². The molecule has 0 aliphatic heterocycles. The fraction of sp³-hybridized carbons (Fsp3) is 0.321. The second kappa shape index (κ2) is 10.6. The predicted molar refractivity (Wildman–Crippen MR) is 138 cm³/mol. The standard InChI is InChI=1S/C28H32N4O4/c1-7-35-25(33)28(30-26(34)36-27(4,5)6,17-16-21-13-9-8-10-14-21)23-20(3)31-32(24(23)29)22-15-11-12-19(2)18-22/h8-15,18H,7,29H2,1-6H3,(H,30,34)/t28-/m0/s1. The summed E-state index contributed by atoms with van der Waals surface area (Å²) in [6.45, 7) is 10.6. The van der Waals surface area contributed by atoms with Crippen LogP contribution < -0.4 is 11.1 Å². The van der Waals surface area contributed by atoms with Crippen LogP contribution in [0.15, 0.2) is 54.6 Å². The van der Waals surface area contributed by atoms with Gasteiger partial charge in [0.25, 0.3) is 0 Å². The number of rotatable bonds is 5. The van der Waals surface area contributed by atoms with Crippen LogP contribution in [0.2, 0.25) is 0 Å². The molecule has 1 heterocycles. The summed E-state index contributed by atoms with van der Waals surface area (Å²) < 4.78 is 12.4. The van der Waals surface area contributed by atoms with E-state index in [1.165, 1.54) is 4.68 Å². The van der Waals surface area contributed by atoms with Gasteiger partial charge in [-0.1, -0.05) is 42.2 Å². The SMILES string of the molecule is CCOC(=O)[C@@](C#Cc1ccccc1)(NC(=O)OC(C)(C)C)c1c(C)nn(-c2cccc(C)c2)c1N. The van der Waals surface area contributed by atoms with Gasteiger partial charge in [-0.3, -0.25) is 5.32 Å². The van der Waals surface area contributed by atoms with Gasteiger partial charge in [-0.05, 0) is 71.4 Å². The Balaban J connectivity index is 2.29. The fourth-order valence-electron chi connectivity index (χ4n) is 3.71. The van der Waals surface area contributed by atoms with Crippen LogP contribution in [0.3, 0.4) is 0 Å². The molecule has 0 aliphatic carbocycles. The van der Waals surface area contributed by atoms with Crippen LogP contribution in [0.25, 0.3) is 5.69 Å². The van der Waals surface area contributed by atoms with E-state index < -0.39 is 23.2 Å². The summed E-state index contributed by atoms with van der Waals surface area (Å²) in [5.41, 5.74) is 6.78. The number of nitrogens with zero attached hydrogens (tertiary/aromatic N) is 2. The average Bonchev–Trinajstić information content (AvgIpc) is 3.10. The largest absolute Gasteiger partial charge is 0.463 e. The molecule has 36 heavy (non-hydrogen) atoms. The van der Waals surface area contributed by atoms with Gasteiger partial charge in [0.1, 0.15) is 11.4 Å². The number of nitrogens with two attached hydrogens (primary N) is 1. The number of esters is 1. The van der Waals surface area contributed by atoms with Crippen LogP contribution in [0.5, 0.6) is 0 Å². The molecular formula is C28H32N4O4. The van der Waals surface area contributed by atoms with Crippen LogP contribution in [-0.2, 0) is 19.8 Å². The van der Waals surface area contributed by atoms with Gasteiger partial charge in [0, 0.05) is 5.56 Å².